The van der Waals surface area contributed by atoms with E-state index in [1.807, 2.05) is 6.92 Å². The zero-order valence-electron chi connectivity index (χ0n) is 17.3. The van der Waals surface area contributed by atoms with Crippen molar-refractivity contribution in [3.05, 3.63) is 95.3 Å². The lowest BCUT2D eigenvalue weighted by molar-refractivity contribution is -0.121. The standard InChI is InChI=1S/C23H22FN3O4S/c1-17-6-12-21(13-7-17)32(30,31)27(15-18-8-10-20(24)11-9-18)16-23(29)26-25-14-19-4-2-3-5-22(19)28/h2-14,28H,15-16H2,1H3,(H,26,29)/b25-14-. The van der Waals surface area contributed by atoms with Crippen LogP contribution in [0.3, 0.4) is 0 Å². The van der Waals surface area contributed by atoms with E-state index in [-0.39, 0.29) is 17.2 Å². The van der Waals surface area contributed by atoms with Gasteiger partial charge in [-0.25, -0.2) is 18.2 Å². The number of hydrogen-bond donors (Lipinski definition) is 2. The second-order valence-electron chi connectivity index (χ2n) is 7.06. The summed E-state index contributed by atoms with van der Waals surface area (Å²) in [6, 6.07) is 18.1. The summed E-state index contributed by atoms with van der Waals surface area (Å²) >= 11 is 0. The molecule has 0 aromatic heterocycles. The summed E-state index contributed by atoms with van der Waals surface area (Å²) in [5.41, 5.74) is 4.08. The van der Waals surface area contributed by atoms with Crippen molar-refractivity contribution in [2.45, 2.75) is 18.4 Å². The molecule has 0 saturated heterocycles. The molecule has 0 aliphatic rings. The number of phenolic OH excluding ortho intramolecular Hbond substituents is 1. The van der Waals surface area contributed by atoms with E-state index in [1.165, 1.54) is 48.7 Å². The second-order valence-corrected chi connectivity index (χ2v) is 9.00. The maximum Gasteiger partial charge on any atom is 0.255 e. The molecule has 0 fully saturated rings. The predicted octanol–water partition coefficient (Wildman–Crippen LogP) is 3.18. The monoisotopic (exact) mass is 455 g/mol. The summed E-state index contributed by atoms with van der Waals surface area (Å²) in [5.74, 6) is -1.13. The number of hydrazone groups is 1. The number of halogens is 1. The summed E-state index contributed by atoms with van der Waals surface area (Å²) in [6.45, 7) is 1.20. The van der Waals surface area contributed by atoms with Gasteiger partial charge in [-0.2, -0.15) is 9.41 Å². The Balaban J connectivity index is 1.80. The van der Waals surface area contributed by atoms with Gasteiger partial charge in [-0.15, -0.1) is 0 Å². The molecular weight excluding hydrogens is 433 g/mol. The number of benzene rings is 3. The Morgan fingerprint density at radius 2 is 1.72 bits per heavy atom. The van der Waals surface area contributed by atoms with E-state index < -0.39 is 28.3 Å². The zero-order chi connectivity index (χ0) is 23.1. The van der Waals surface area contributed by atoms with Crippen molar-refractivity contribution in [1.82, 2.24) is 9.73 Å². The third-order valence-corrected chi connectivity index (χ3v) is 6.39. The molecule has 0 aliphatic carbocycles. The Labute approximate surface area is 185 Å². The summed E-state index contributed by atoms with van der Waals surface area (Å²) in [5, 5.41) is 13.5. The van der Waals surface area contributed by atoms with Crippen molar-refractivity contribution in [2.24, 2.45) is 5.10 Å². The topological polar surface area (TPSA) is 99.1 Å². The van der Waals surface area contributed by atoms with Crippen LogP contribution in [-0.2, 0) is 21.4 Å². The van der Waals surface area contributed by atoms with E-state index in [2.05, 4.69) is 10.5 Å². The van der Waals surface area contributed by atoms with Crippen LogP contribution in [0.15, 0.2) is 82.8 Å². The van der Waals surface area contributed by atoms with E-state index in [4.69, 9.17) is 0 Å². The molecular formula is C23H22FN3O4S. The van der Waals surface area contributed by atoms with Crippen LogP contribution in [-0.4, -0.2) is 36.5 Å². The number of sulfonamides is 1. The molecule has 0 atom stereocenters. The first kappa shape index (κ1) is 23.1. The van der Waals surface area contributed by atoms with Crippen molar-refractivity contribution < 1.29 is 22.7 Å². The normalized spacial score (nSPS) is 11.7. The minimum Gasteiger partial charge on any atom is -0.507 e. The van der Waals surface area contributed by atoms with E-state index >= 15 is 0 Å². The third kappa shape index (κ3) is 5.99. The fourth-order valence-corrected chi connectivity index (χ4v) is 4.23. The number of phenols is 1. The highest BCUT2D eigenvalue weighted by molar-refractivity contribution is 7.89. The molecule has 2 N–H and O–H groups in total. The highest BCUT2D eigenvalue weighted by Crippen LogP contribution is 2.19. The van der Waals surface area contributed by atoms with Crippen LogP contribution >= 0.6 is 0 Å². The highest BCUT2D eigenvalue weighted by atomic mass is 32.2. The minimum atomic E-state index is -4.02. The number of para-hydroxylation sites is 1. The lowest BCUT2D eigenvalue weighted by Crippen LogP contribution is -2.39. The Kier molecular flexibility index (Phi) is 7.34. The lowest BCUT2D eigenvalue weighted by Gasteiger charge is -2.21. The summed E-state index contributed by atoms with van der Waals surface area (Å²) < 4.78 is 40.6. The minimum absolute atomic E-state index is 0.00890. The number of carbonyl (C=O) groups is 1. The van der Waals surface area contributed by atoms with Crippen LogP contribution in [0.5, 0.6) is 5.75 Å². The molecule has 0 aliphatic heterocycles. The van der Waals surface area contributed by atoms with Gasteiger partial charge in [0, 0.05) is 12.1 Å². The van der Waals surface area contributed by atoms with Gasteiger partial charge in [0.25, 0.3) is 5.91 Å². The zero-order valence-corrected chi connectivity index (χ0v) is 18.1. The van der Waals surface area contributed by atoms with Gasteiger partial charge >= 0.3 is 0 Å². The third-order valence-electron chi connectivity index (χ3n) is 4.58. The Bertz CT molecular complexity index is 1210. The molecule has 1 amide bonds. The molecule has 0 radical (unpaired) electrons. The molecule has 0 bridgehead atoms. The number of amides is 1. The van der Waals surface area contributed by atoms with Crippen molar-refractivity contribution in [2.75, 3.05) is 6.54 Å². The van der Waals surface area contributed by atoms with E-state index in [0.717, 1.165) is 9.87 Å². The predicted molar refractivity (Wildman–Crippen MR) is 119 cm³/mol. The van der Waals surface area contributed by atoms with Crippen molar-refractivity contribution in [3.8, 4) is 5.75 Å². The molecule has 9 heteroatoms. The van der Waals surface area contributed by atoms with Gasteiger partial charge in [-0.3, -0.25) is 4.79 Å². The van der Waals surface area contributed by atoms with Gasteiger partial charge in [0.1, 0.15) is 11.6 Å². The quantitative estimate of drug-likeness (QED) is 0.403. The van der Waals surface area contributed by atoms with Gasteiger partial charge in [0.05, 0.1) is 17.7 Å². The first-order valence-corrected chi connectivity index (χ1v) is 11.1. The first-order valence-electron chi connectivity index (χ1n) is 9.67. The largest absolute Gasteiger partial charge is 0.507 e. The van der Waals surface area contributed by atoms with Crippen LogP contribution in [0.4, 0.5) is 4.39 Å². The van der Waals surface area contributed by atoms with Crippen LogP contribution in [0.1, 0.15) is 16.7 Å². The Morgan fingerprint density at radius 3 is 2.38 bits per heavy atom. The highest BCUT2D eigenvalue weighted by Gasteiger charge is 2.27. The van der Waals surface area contributed by atoms with Crippen molar-refractivity contribution in [3.63, 3.8) is 0 Å². The molecule has 7 nitrogen and oxygen atoms in total. The number of aryl methyl sites for hydroxylation is 1. The maximum absolute atomic E-state index is 13.2. The fourth-order valence-electron chi connectivity index (χ4n) is 2.84. The van der Waals surface area contributed by atoms with E-state index in [0.29, 0.717) is 11.1 Å². The Hall–Kier alpha value is -3.56. The van der Waals surface area contributed by atoms with Crippen molar-refractivity contribution in [1.29, 1.82) is 0 Å². The summed E-state index contributed by atoms with van der Waals surface area (Å²) in [7, 11) is -4.02. The summed E-state index contributed by atoms with van der Waals surface area (Å²) in [4.78, 5) is 12.5. The van der Waals surface area contributed by atoms with Crippen LogP contribution in [0.2, 0.25) is 0 Å². The maximum atomic E-state index is 13.2. The van der Waals surface area contributed by atoms with Gasteiger partial charge in [0.15, 0.2) is 0 Å². The average molecular weight is 456 g/mol. The van der Waals surface area contributed by atoms with Crippen LogP contribution < -0.4 is 5.43 Å². The second kappa shape index (κ2) is 10.2. The molecule has 0 unspecified atom stereocenters. The van der Waals surface area contributed by atoms with Gasteiger partial charge in [-0.1, -0.05) is 42.0 Å². The van der Waals surface area contributed by atoms with Crippen LogP contribution in [0.25, 0.3) is 0 Å². The number of carbonyl (C=O) groups excluding carboxylic acids is 1. The molecule has 3 aromatic carbocycles. The fraction of sp³-hybridized carbons (Fsp3) is 0.130. The first-order chi connectivity index (χ1) is 15.3. The van der Waals surface area contributed by atoms with E-state index in [9.17, 15) is 22.7 Å². The molecule has 0 heterocycles. The molecule has 166 valence electrons. The molecule has 3 aromatic rings. The van der Waals surface area contributed by atoms with Gasteiger partial charge in [-0.05, 0) is 48.9 Å². The van der Waals surface area contributed by atoms with Gasteiger partial charge < -0.3 is 5.11 Å². The Morgan fingerprint density at radius 1 is 1.06 bits per heavy atom. The number of aromatic hydroxyl groups is 1. The van der Waals surface area contributed by atoms with E-state index in [1.54, 1.807) is 30.3 Å². The number of nitrogens with zero attached hydrogens (tertiary/aromatic N) is 2. The van der Waals surface area contributed by atoms with Crippen molar-refractivity contribution >= 4 is 22.1 Å². The molecule has 32 heavy (non-hydrogen) atoms. The summed E-state index contributed by atoms with van der Waals surface area (Å²) in [6.07, 6.45) is 1.26. The van der Waals surface area contributed by atoms with Gasteiger partial charge in [0.2, 0.25) is 10.0 Å². The average Bonchev–Trinajstić information content (AvgIpc) is 2.76. The lowest BCUT2D eigenvalue weighted by atomic mass is 10.2. The van der Waals surface area contributed by atoms with Crippen LogP contribution in [0, 0.1) is 12.7 Å². The molecule has 0 spiro atoms. The number of rotatable bonds is 8. The number of nitrogens with one attached hydrogen (secondary N) is 1. The molecule has 3 rings (SSSR count). The molecule has 0 saturated carbocycles. The SMILES string of the molecule is Cc1ccc(S(=O)(=O)N(CC(=O)N/N=C\c2ccccc2O)Cc2ccc(F)cc2)cc1. The smallest absolute Gasteiger partial charge is 0.255 e. The number of hydrogen-bond acceptors (Lipinski definition) is 5.